The highest BCUT2D eigenvalue weighted by molar-refractivity contribution is 8.26. The topological polar surface area (TPSA) is 69.6 Å². The Morgan fingerprint density at radius 2 is 2.13 bits per heavy atom. The van der Waals surface area contributed by atoms with E-state index in [0.717, 1.165) is 21.6 Å². The lowest BCUT2D eigenvalue weighted by molar-refractivity contribution is -0.123. The molecular weight excluding hydrogens is 352 g/mol. The first kappa shape index (κ1) is 15.7. The molecule has 8 heteroatoms. The van der Waals surface area contributed by atoms with Crippen molar-refractivity contribution in [1.82, 2.24) is 10.4 Å². The van der Waals surface area contributed by atoms with Gasteiger partial charge in [0.2, 0.25) is 0 Å². The third-order valence-electron chi connectivity index (χ3n) is 2.93. The second-order valence-electron chi connectivity index (χ2n) is 4.52. The molecule has 0 bridgehead atoms. The predicted molar refractivity (Wildman–Crippen MR) is 94.9 cm³/mol. The van der Waals surface area contributed by atoms with Gasteiger partial charge in [0, 0.05) is 10.4 Å². The number of phenols is 1. The van der Waals surface area contributed by atoms with Gasteiger partial charge in [-0.3, -0.25) is 15.0 Å². The van der Waals surface area contributed by atoms with Crippen molar-refractivity contribution >= 4 is 57.5 Å². The highest BCUT2D eigenvalue weighted by atomic mass is 32.2. The number of nitrogens with zero attached hydrogens (tertiary/aromatic N) is 1. The molecule has 1 saturated heterocycles. The summed E-state index contributed by atoms with van der Waals surface area (Å²) >= 11 is 7.79. The maximum atomic E-state index is 12.4. The number of carbonyl (C=O) groups excluding carboxylic acids is 2. The normalized spacial score (nSPS) is 16.2. The fraction of sp³-hybridized carbons (Fsp3) is 0. The molecule has 1 aliphatic heterocycles. The molecule has 0 unspecified atom stereocenters. The number of nitrogens with one attached hydrogen (secondary N) is 1. The number of phenolic OH excluding ortho intramolecular Hbond substituents is 1. The van der Waals surface area contributed by atoms with Crippen molar-refractivity contribution in [3.05, 3.63) is 57.1 Å². The number of rotatable bonds is 3. The van der Waals surface area contributed by atoms with Crippen LogP contribution in [0, 0.1) is 0 Å². The maximum Gasteiger partial charge on any atom is 0.285 e. The molecule has 2 heterocycles. The van der Waals surface area contributed by atoms with Crippen molar-refractivity contribution in [2.75, 3.05) is 0 Å². The summed E-state index contributed by atoms with van der Waals surface area (Å²) in [6, 6.07) is 9.64. The van der Waals surface area contributed by atoms with Crippen LogP contribution >= 0.6 is 35.3 Å². The molecule has 2 aromatic rings. The molecule has 1 aliphatic rings. The van der Waals surface area contributed by atoms with Crippen molar-refractivity contribution in [2.24, 2.45) is 0 Å². The first-order chi connectivity index (χ1) is 11.0. The lowest BCUT2D eigenvalue weighted by Crippen LogP contribution is -2.44. The van der Waals surface area contributed by atoms with E-state index in [1.165, 1.54) is 29.5 Å². The molecule has 1 aromatic carbocycles. The largest absolute Gasteiger partial charge is 0.508 e. The van der Waals surface area contributed by atoms with Gasteiger partial charge in [-0.25, -0.2) is 0 Å². The van der Waals surface area contributed by atoms with Gasteiger partial charge in [0.15, 0.2) is 4.32 Å². The van der Waals surface area contributed by atoms with E-state index >= 15 is 0 Å². The first-order valence-corrected chi connectivity index (χ1v) is 8.56. The minimum Gasteiger partial charge on any atom is -0.508 e. The van der Waals surface area contributed by atoms with Crippen LogP contribution in [0.15, 0.2) is 46.7 Å². The third kappa shape index (κ3) is 3.44. The van der Waals surface area contributed by atoms with Crippen LogP contribution in [0.1, 0.15) is 15.2 Å². The molecule has 5 nitrogen and oxygen atoms in total. The first-order valence-electron chi connectivity index (χ1n) is 6.46. The van der Waals surface area contributed by atoms with Crippen molar-refractivity contribution in [2.45, 2.75) is 0 Å². The van der Waals surface area contributed by atoms with Crippen molar-refractivity contribution in [1.29, 1.82) is 0 Å². The van der Waals surface area contributed by atoms with Gasteiger partial charge < -0.3 is 5.11 Å². The van der Waals surface area contributed by atoms with Crippen molar-refractivity contribution < 1.29 is 14.7 Å². The molecule has 116 valence electrons. The highest BCUT2D eigenvalue weighted by Crippen LogP contribution is 2.32. The fourth-order valence-electron chi connectivity index (χ4n) is 1.88. The van der Waals surface area contributed by atoms with Gasteiger partial charge in [-0.2, -0.15) is 5.01 Å². The number of aromatic hydroxyl groups is 1. The quantitative estimate of drug-likeness (QED) is 0.649. The second kappa shape index (κ2) is 6.53. The molecule has 2 N–H and O–H groups in total. The molecular formula is C15H10N2O3S3. The Kier molecular flexibility index (Phi) is 4.46. The number of hydrazine groups is 1. The van der Waals surface area contributed by atoms with E-state index in [1.807, 2.05) is 17.5 Å². The summed E-state index contributed by atoms with van der Waals surface area (Å²) in [7, 11) is 0. The molecule has 1 aromatic heterocycles. The maximum absolute atomic E-state index is 12.4. The van der Waals surface area contributed by atoms with Crippen LogP contribution in [0.5, 0.6) is 5.75 Å². The average molecular weight is 362 g/mol. The third-order valence-corrected chi connectivity index (χ3v) is 5.05. The van der Waals surface area contributed by atoms with Crippen molar-refractivity contribution in [3.8, 4) is 5.75 Å². The summed E-state index contributed by atoms with van der Waals surface area (Å²) in [5.74, 6) is -0.919. The van der Waals surface area contributed by atoms with Crippen LogP contribution in [0.4, 0.5) is 0 Å². The standard InChI is InChI=1S/C15H10N2O3S3/c18-10-4-1-3-9(7-10)13(19)16-17-14(20)12(23-15(17)21)8-11-5-2-6-22-11/h1-8,18H,(H,16,19)/b12-8-. The van der Waals surface area contributed by atoms with E-state index in [0.29, 0.717) is 4.91 Å². The van der Waals surface area contributed by atoms with Gasteiger partial charge in [-0.05, 0) is 47.9 Å². The number of benzene rings is 1. The minimum absolute atomic E-state index is 0.0272. The Morgan fingerprint density at radius 1 is 1.30 bits per heavy atom. The predicted octanol–water partition coefficient (Wildman–Crippen LogP) is 3.00. The molecule has 2 amide bonds. The summed E-state index contributed by atoms with van der Waals surface area (Å²) < 4.78 is 0.256. The van der Waals surface area contributed by atoms with Gasteiger partial charge in [0.1, 0.15) is 5.75 Å². The number of thioether (sulfide) groups is 1. The summed E-state index contributed by atoms with van der Waals surface area (Å²) in [5, 5.41) is 12.4. The van der Waals surface area contributed by atoms with Crippen LogP contribution in [-0.2, 0) is 4.79 Å². The van der Waals surface area contributed by atoms with Gasteiger partial charge in [0.05, 0.1) is 4.91 Å². The Labute approximate surface area is 145 Å². The number of hydrogen-bond acceptors (Lipinski definition) is 6. The monoisotopic (exact) mass is 362 g/mol. The zero-order valence-corrected chi connectivity index (χ0v) is 14.0. The number of thiocarbonyl (C=S) groups is 1. The summed E-state index contributed by atoms with van der Waals surface area (Å²) in [4.78, 5) is 25.9. The van der Waals surface area contributed by atoms with E-state index < -0.39 is 5.91 Å². The number of carbonyl (C=O) groups is 2. The molecule has 0 atom stereocenters. The number of amides is 2. The number of thiophene rings is 1. The zero-order valence-electron chi connectivity index (χ0n) is 11.6. The van der Waals surface area contributed by atoms with Crippen molar-refractivity contribution in [3.63, 3.8) is 0 Å². The smallest absolute Gasteiger partial charge is 0.285 e. The Morgan fingerprint density at radius 3 is 2.83 bits per heavy atom. The van der Waals surface area contributed by atoms with Crippen LogP contribution in [0.25, 0.3) is 6.08 Å². The minimum atomic E-state index is -0.519. The molecule has 0 radical (unpaired) electrons. The molecule has 23 heavy (non-hydrogen) atoms. The lowest BCUT2D eigenvalue weighted by atomic mass is 10.2. The van der Waals surface area contributed by atoms with Crippen LogP contribution in [-0.4, -0.2) is 26.3 Å². The van der Waals surface area contributed by atoms with E-state index in [1.54, 1.807) is 12.1 Å². The Hall–Kier alpha value is -2.16. The van der Waals surface area contributed by atoms with Gasteiger partial charge in [-0.15, -0.1) is 11.3 Å². The second-order valence-corrected chi connectivity index (χ2v) is 7.18. The van der Waals surface area contributed by atoms with Gasteiger partial charge >= 0.3 is 0 Å². The van der Waals surface area contributed by atoms with E-state index in [2.05, 4.69) is 5.43 Å². The molecule has 1 fully saturated rings. The van der Waals surface area contributed by atoms with Crippen LogP contribution < -0.4 is 5.43 Å². The van der Waals surface area contributed by atoms with E-state index in [-0.39, 0.29) is 21.5 Å². The zero-order chi connectivity index (χ0) is 16.4. The van der Waals surface area contributed by atoms with E-state index in [4.69, 9.17) is 12.2 Å². The van der Waals surface area contributed by atoms with Crippen LogP contribution in [0.2, 0.25) is 0 Å². The Balaban J connectivity index is 1.77. The molecule has 0 spiro atoms. The number of hydrogen-bond donors (Lipinski definition) is 2. The van der Waals surface area contributed by atoms with Gasteiger partial charge in [0.25, 0.3) is 11.8 Å². The summed E-state index contributed by atoms with van der Waals surface area (Å²) in [6.45, 7) is 0. The van der Waals surface area contributed by atoms with E-state index in [9.17, 15) is 14.7 Å². The van der Waals surface area contributed by atoms with Gasteiger partial charge in [-0.1, -0.05) is 23.9 Å². The van der Waals surface area contributed by atoms with Crippen LogP contribution in [0.3, 0.4) is 0 Å². The fourth-order valence-corrected chi connectivity index (χ4v) is 3.78. The summed E-state index contributed by atoms with van der Waals surface area (Å²) in [5.41, 5.74) is 2.70. The molecule has 0 saturated carbocycles. The summed E-state index contributed by atoms with van der Waals surface area (Å²) in [6.07, 6.45) is 1.74. The average Bonchev–Trinajstić information content (AvgIpc) is 3.12. The SMILES string of the molecule is O=C(NN1C(=O)/C(=C/c2cccs2)SC1=S)c1cccc(O)c1. The highest BCUT2D eigenvalue weighted by Gasteiger charge is 2.33. The molecule has 0 aliphatic carbocycles. The Bertz CT molecular complexity index is 815. The lowest BCUT2D eigenvalue weighted by Gasteiger charge is -2.15. The molecule has 3 rings (SSSR count).